The van der Waals surface area contributed by atoms with E-state index in [4.69, 9.17) is 16.0 Å². The van der Waals surface area contributed by atoms with Crippen molar-refractivity contribution in [1.82, 2.24) is 9.97 Å². The second-order valence-corrected chi connectivity index (χ2v) is 10.6. The first kappa shape index (κ1) is 25.4. The number of hydrogen-bond acceptors (Lipinski definition) is 7. The van der Waals surface area contributed by atoms with Gasteiger partial charge in [-0.2, -0.15) is 0 Å². The molecule has 1 amide bonds. The zero-order valence-electron chi connectivity index (χ0n) is 19.8. The number of carbonyl (C=O) groups is 1. The maximum atomic E-state index is 13.4. The molecule has 4 rings (SSSR count). The van der Waals surface area contributed by atoms with E-state index in [0.29, 0.717) is 35.2 Å². The van der Waals surface area contributed by atoms with Gasteiger partial charge in [0.25, 0.3) is 5.91 Å². The summed E-state index contributed by atoms with van der Waals surface area (Å²) in [5.41, 5.74) is 2.90. The fourth-order valence-electron chi connectivity index (χ4n) is 3.58. The molecule has 2 heterocycles. The number of sulfone groups is 1. The lowest BCUT2D eigenvalue weighted by molar-refractivity contribution is 0.102. The van der Waals surface area contributed by atoms with Crippen molar-refractivity contribution in [2.75, 3.05) is 16.5 Å². The number of benzene rings is 2. The Bertz CT molecular complexity index is 1440. The van der Waals surface area contributed by atoms with E-state index in [9.17, 15) is 13.2 Å². The molecule has 2 aromatic heterocycles. The molecule has 1 N–H and O–H groups in total. The number of nitrogens with zero attached hydrogens (tertiary/aromatic N) is 3. The molecular weight excluding hydrogens is 500 g/mol. The van der Waals surface area contributed by atoms with Gasteiger partial charge in [-0.05, 0) is 53.9 Å². The maximum Gasteiger partial charge on any atom is 0.276 e. The van der Waals surface area contributed by atoms with Gasteiger partial charge >= 0.3 is 0 Å². The van der Waals surface area contributed by atoms with Gasteiger partial charge in [-0.1, -0.05) is 42.8 Å². The monoisotopic (exact) mass is 524 g/mol. The summed E-state index contributed by atoms with van der Waals surface area (Å²) < 4.78 is 29.9. The van der Waals surface area contributed by atoms with E-state index in [1.54, 1.807) is 36.6 Å². The summed E-state index contributed by atoms with van der Waals surface area (Å²) in [7, 11) is -3.75. The molecule has 0 fully saturated rings. The highest BCUT2D eigenvalue weighted by molar-refractivity contribution is 7.90. The molecule has 4 aromatic rings. The Morgan fingerprint density at radius 3 is 2.33 bits per heavy atom. The van der Waals surface area contributed by atoms with Crippen molar-refractivity contribution in [2.45, 2.75) is 31.6 Å². The molecule has 0 unspecified atom stereocenters. The van der Waals surface area contributed by atoms with Crippen LogP contribution in [0.2, 0.25) is 5.02 Å². The van der Waals surface area contributed by atoms with Crippen molar-refractivity contribution >= 4 is 38.7 Å². The minimum Gasteiger partial charge on any atom is -0.467 e. The van der Waals surface area contributed by atoms with Crippen LogP contribution in [0.15, 0.2) is 82.7 Å². The number of halogens is 1. The third-order valence-corrected chi connectivity index (χ3v) is 6.58. The van der Waals surface area contributed by atoms with Crippen LogP contribution in [0.1, 0.15) is 34.3 Å². The highest BCUT2D eigenvalue weighted by Crippen LogP contribution is 2.26. The van der Waals surface area contributed by atoms with Crippen molar-refractivity contribution < 1.29 is 17.6 Å². The van der Waals surface area contributed by atoms with E-state index in [2.05, 4.69) is 15.3 Å². The summed E-state index contributed by atoms with van der Waals surface area (Å²) in [6.45, 7) is 2.70. The van der Waals surface area contributed by atoms with Gasteiger partial charge in [0, 0.05) is 23.5 Å². The number of amides is 1. The van der Waals surface area contributed by atoms with Gasteiger partial charge in [0.05, 0.1) is 24.7 Å². The first-order valence-electron chi connectivity index (χ1n) is 11.2. The molecule has 10 heteroatoms. The van der Waals surface area contributed by atoms with E-state index in [0.717, 1.165) is 23.8 Å². The Morgan fingerprint density at radius 2 is 1.72 bits per heavy atom. The second kappa shape index (κ2) is 10.9. The summed E-state index contributed by atoms with van der Waals surface area (Å²) in [5, 5.41) is 3.00. The second-order valence-electron chi connectivity index (χ2n) is 8.23. The normalized spacial score (nSPS) is 11.3. The first-order valence-corrected chi connectivity index (χ1v) is 13.5. The standard InChI is InChI=1S/C26H25ClN4O4S/c1-3-18-8-12-21(13-9-18)29-25(32)24-23(15-28-26(30-24)36(2,33)34)31(17-22-5-4-14-35-22)16-19-6-10-20(27)11-7-19/h4-15H,3,16-17H2,1-2H3,(H,29,32). The van der Waals surface area contributed by atoms with Crippen LogP contribution in [0.3, 0.4) is 0 Å². The molecule has 0 spiro atoms. The predicted octanol–water partition coefficient (Wildman–Crippen LogP) is 5.15. The number of carbonyl (C=O) groups excluding carboxylic acids is 1. The van der Waals surface area contributed by atoms with Gasteiger partial charge in [-0.3, -0.25) is 4.79 Å². The smallest absolute Gasteiger partial charge is 0.276 e. The Morgan fingerprint density at radius 1 is 1.03 bits per heavy atom. The molecule has 2 aromatic carbocycles. The highest BCUT2D eigenvalue weighted by Gasteiger charge is 2.24. The van der Waals surface area contributed by atoms with Crippen molar-refractivity contribution in [3.63, 3.8) is 0 Å². The van der Waals surface area contributed by atoms with Crippen molar-refractivity contribution in [2.24, 2.45) is 0 Å². The van der Waals surface area contributed by atoms with Crippen LogP contribution in [0.25, 0.3) is 0 Å². The zero-order chi connectivity index (χ0) is 25.7. The number of anilines is 2. The third kappa shape index (κ3) is 6.30. The molecule has 0 bridgehead atoms. The molecule has 0 saturated heterocycles. The number of hydrogen-bond donors (Lipinski definition) is 1. The van der Waals surface area contributed by atoms with Crippen LogP contribution < -0.4 is 10.2 Å². The largest absolute Gasteiger partial charge is 0.467 e. The summed E-state index contributed by atoms with van der Waals surface area (Å²) >= 11 is 6.04. The molecule has 8 nitrogen and oxygen atoms in total. The molecule has 0 aliphatic heterocycles. The van der Waals surface area contributed by atoms with Crippen LogP contribution in [0.5, 0.6) is 0 Å². The summed E-state index contributed by atoms with van der Waals surface area (Å²) in [4.78, 5) is 23.5. The van der Waals surface area contributed by atoms with Crippen molar-refractivity contribution in [3.05, 3.63) is 101 Å². The predicted molar refractivity (Wildman–Crippen MR) is 139 cm³/mol. The Kier molecular flexibility index (Phi) is 7.71. The minimum absolute atomic E-state index is 0.0643. The van der Waals surface area contributed by atoms with Gasteiger partial charge in [-0.25, -0.2) is 18.4 Å². The number of nitrogens with one attached hydrogen (secondary N) is 1. The number of furan rings is 1. The Balaban J connectivity index is 1.75. The van der Waals surface area contributed by atoms with E-state index in [-0.39, 0.29) is 5.69 Å². The molecule has 36 heavy (non-hydrogen) atoms. The van der Waals surface area contributed by atoms with E-state index in [1.807, 2.05) is 42.2 Å². The van der Waals surface area contributed by atoms with Crippen LogP contribution >= 0.6 is 11.6 Å². The summed E-state index contributed by atoms with van der Waals surface area (Å²) in [5.74, 6) is 0.0970. The van der Waals surface area contributed by atoms with Crippen molar-refractivity contribution in [1.29, 1.82) is 0 Å². The number of rotatable bonds is 9. The summed E-state index contributed by atoms with van der Waals surface area (Å²) in [6.07, 6.45) is 4.79. The fraction of sp³-hybridized carbons (Fsp3) is 0.192. The fourth-order valence-corrected chi connectivity index (χ4v) is 4.20. The quantitative estimate of drug-likeness (QED) is 0.302. The lowest BCUT2D eigenvalue weighted by Crippen LogP contribution is -2.27. The van der Waals surface area contributed by atoms with Gasteiger partial charge < -0.3 is 14.6 Å². The van der Waals surface area contributed by atoms with Crippen LogP contribution in [0, 0.1) is 0 Å². The van der Waals surface area contributed by atoms with Crippen molar-refractivity contribution in [3.8, 4) is 0 Å². The van der Waals surface area contributed by atoms with Crippen LogP contribution in [0.4, 0.5) is 11.4 Å². The lowest BCUT2D eigenvalue weighted by Gasteiger charge is -2.25. The van der Waals surface area contributed by atoms with Gasteiger partial charge in [0.1, 0.15) is 5.76 Å². The summed E-state index contributed by atoms with van der Waals surface area (Å²) in [6, 6.07) is 18.3. The molecule has 0 saturated carbocycles. The molecular formula is C26H25ClN4O4S. The highest BCUT2D eigenvalue weighted by atomic mass is 35.5. The topological polar surface area (TPSA) is 105 Å². The third-order valence-electron chi connectivity index (χ3n) is 5.47. The average Bonchev–Trinajstić information content (AvgIpc) is 3.38. The molecule has 186 valence electrons. The van der Waals surface area contributed by atoms with Gasteiger partial charge in [0.2, 0.25) is 15.0 Å². The van der Waals surface area contributed by atoms with Crippen LogP contribution in [-0.4, -0.2) is 30.5 Å². The molecule has 0 aliphatic rings. The first-order chi connectivity index (χ1) is 17.2. The zero-order valence-corrected chi connectivity index (χ0v) is 21.4. The Hall–Kier alpha value is -3.69. The van der Waals surface area contributed by atoms with Gasteiger partial charge in [0.15, 0.2) is 5.69 Å². The number of aromatic nitrogens is 2. The minimum atomic E-state index is -3.75. The Labute approximate surface area is 214 Å². The van der Waals surface area contributed by atoms with Gasteiger partial charge in [-0.15, -0.1) is 0 Å². The lowest BCUT2D eigenvalue weighted by atomic mass is 10.1. The SMILES string of the molecule is CCc1ccc(NC(=O)c2nc(S(C)(=O)=O)ncc2N(Cc2ccc(Cl)cc2)Cc2ccco2)cc1. The maximum absolute atomic E-state index is 13.4. The molecule has 0 radical (unpaired) electrons. The molecule has 0 atom stereocenters. The number of aryl methyl sites for hydroxylation is 1. The van der Waals surface area contributed by atoms with E-state index in [1.165, 1.54) is 6.20 Å². The average molecular weight is 525 g/mol. The van der Waals surface area contributed by atoms with E-state index >= 15 is 0 Å². The van der Waals surface area contributed by atoms with E-state index < -0.39 is 20.9 Å². The molecule has 0 aliphatic carbocycles. The van der Waals surface area contributed by atoms with Crippen LogP contribution in [-0.2, 0) is 29.3 Å².